The Bertz CT molecular complexity index is 1150. The van der Waals surface area contributed by atoms with Gasteiger partial charge in [0.2, 0.25) is 0 Å². The molecule has 1 heterocycles. The third-order valence-electron chi connectivity index (χ3n) is 5.41. The zero-order valence-corrected chi connectivity index (χ0v) is 19.4. The third kappa shape index (κ3) is 4.64. The number of hydrogen-bond acceptors (Lipinski definition) is 5. The first kappa shape index (κ1) is 22.3. The van der Waals surface area contributed by atoms with E-state index in [2.05, 4.69) is 21.2 Å². The summed E-state index contributed by atoms with van der Waals surface area (Å²) < 4.78 is 25.2. The van der Waals surface area contributed by atoms with Crippen LogP contribution in [0, 0.1) is 5.82 Å². The van der Waals surface area contributed by atoms with Crippen molar-refractivity contribution in [1.82, 2.24) is 5.32 Å². The van der Waals surface area contributed by atoms with Crippen molar-refractivity contribution in [2.24, 2.45) is 4.99 Å². The highest BCUT2D eigenvalue weighted by Crippen LogP contribution is 2.39. The van der Waals surface area contributed by atoms with Gasteiger partial charge in [0.05, 0.1) is 18.2 Å². The summed E-state index contributed by atoms with van der Waals surface area (Å²) in [6, 6.07) is 17.8. The second kappa shape index (κ2) is 9.71. The van der Waals surface area contributed by atoms with Gasteiger partial charge in [-0.3, -0.25) is 10.3 Å². The van der Waals surface area contributed by atoms with Crippen molar-refractivity contribution in [3.05, 3.63) is 87.6 Å². The largest absolute Gasteiger partial charge is 0.504 e. The molecule has 0 amide bonds. The molecule has 0 saturated heterocycles. The van der Waals surface area contributed by atoms with E-state index in [9.17, 15) is 9.50 Å². The number of ether oxygens (including phenoxy) is 2. The molecule has 1 aliphatic heterocycles. The number of hydrogen-bond donors (Lipinski definition) is 2. The summed E-state index contributed by atoms with van der Waals surface area (Å²) >= 11 is 3.27. The number of aromatic hydroxyl groups is 1. The fraction of sp³-hybridized carbons (Fsp3) is 0.240. The Kier molecular flexibility index (Phi) is 6.77. The number of phenolic OH excluding ortho intramolecular Hbond substituents is 1. The molecule has 7 heteroatoms. The van der Waals surface area contributed by atoms with Crippen molar-refractivity contribution in [2.75, 3.05) is 13.7 Å². The van der Waals surface area contributed by atoms with Crippen LogP contribution in [-0.2, 0) is 0 Å². The number of phenols is 1. The van der Waals surface area contributed by atoms with Crippen LogP contribution in [-0.4, -0.2) is 24.5 Å². The van der Waals surface area contributed by atoms with Gasteiger partial charge in [0, 0.05) is 23.7 Å². The minimum atomic E-state index is -0.429. The van der Waals surface area contributed by atoms with E-state index in [1.807, 2.05) is 43.3 Å². The fourth-order valence-electron chi connectivity index (χ4n) is 3.83. The van der Waals surface area contributed by atoms with E-state index in [0.717, 1.165) is 28.2 Å². The maximum absolute atomic E-state index is 13.8. The quantitative estimate of drug-likeness (QED) is 0.442. The number of aliphatic imine (C=N–C) groups is 1. The highest BCUT2D eigenvalue weighted by molar-refractivity contribution is 9.10. The number of halogens is 2. The van der Waals surface area contributed by atoms with Crippen molar-refractivity contribution in [1.29, 1.82) is 0 Å². The Labute approximate surface area is 195 Å². The molecule has 0 radical (unpaired) electrons. The van der Waals surface area contributed by atoms with E-state index < -0.39 is 6.17 Å². The lowest BCUT2D eigenvalue weighted by molar-refractivity contribution is 0.313. The number of nitrogens with one attached hydrogen (secondary N) is 1. The van der Waals surface area contributed by atoms with E-state index in [0.29, 0.717) is 23.2 Å². The SMILES string of the molecule is CCOc1cccc([C@H]2CC(c3cccc(OC)c3)=N[C@@H](c3ccc(F)c(Br)c3)N2)c1O. The maximum Gasteiger partial charge on any atom is 0.162 e. The molecule has 2 N–H and O–H groups in total. The van der Waals surface area contributed by atoms with Gasteiger partial charge in [-0.1, -0.05) is 30.3 Å². The van der Waals surface area contributed by atoms with E-state index in [4.69, 9.17) is 14.5 Å². The summed E-state index contributed by atoms with van der Waals surface area (Å²) in [6.45, 7) is 2.33. The van der Waals surface area contributed by atoms with Crippen LogP contribution in [0.25, 0.3) is 0 Å². The first-order valence-electron chi connectivity index (χ1n) is 10.4. The van der Waals surface area contributed by atoms with Crippen LogP contribution in [0.1, 0.15) is 42.2 Å². The Morgan fingerprint density at radius 3 is 2.72 bits per heavy atom. The predicted molar refractivity (Wildman–Crippen MR) is 126 cm³/mol. The van der Waals surface area contributed by atoms with Gasteiger partial charge < -0.3 is 14.6 Å². The van der Waals surface area contributed by atoms with Gasteiger partial charge in [0.25, 0.3) is 0 Å². The molecule has 2 atom stereocenters. The molecule has 5 nitrogen and oxygen atoms in total. The molecule has 0 aromatic heterocycles. The Hall–Kier alpha value is -2.90. The van der Waals surface area contributed by atoms with Crippen molar-refractivity contribution < 1.29 is 19.0 Å². The molecule has 0 unspecified atom stereocenters. The molecule has 3 aromatic rings. The van der Waals surface area contributed by atoms with E-state index in [-0.39, 0.29) is 17.6 Å². The Morgan fingerprint density at radius 2 is 1.97 bits per heavy atom. The second-order valence-corrected chi connectivity index (χ2v) is 8.29. The molecule has 4 rings (SSSR count). The zero-order chi connectivity index (χ0) is 22.7. The van der Waals surface area contributed by atoms with Crippen molar-refractivity contribution in [3.8, 4) is 17.2 Å². The molecular weight excluding hydrogens is 475 g/mol. The molecule has 0 aliphatic carbocycles. The van der Waals surface area contributed by atoms with Crippen molar-refractivity contribution in [2.45, 2.75) is 25.6 Å². The van der Waals surface area contributed by atoms with Gasteiger partial charge >= 0.3 is 0 Å². The van der Waals surface area contributed by atoms with Gasteiger partial charge in [0.15, 0.2) is 11.5 Å². The standard InChI is InChI=1S/C25H24BrFN2O3/c1-3-32-23-9-5-8-18(24(23)30)22-14-21(15-6-4-7-17(12-15)31-2)28-25(29-22)16-10-11-20(27)19(26)13-16/h4-13,22,25,29-30H,3,14H2,1-2H3/t22-,25-/m1/s1. The van der Waals surface area contributed by atoms with Gasteiger partial charge in [-0.15, -0.1) is 0 Å². The first-order chi connectivity index (χ1) is 15.5. The number of para-hydroxylation sites is 1. The Balaban J connectivity index is 1.78. The fourth-order valence-corrected chi connectivity index (χ4v) is 4.23. The lowest BCUT2D eigenvalue weighted by atomic mass is 9.93. The first-order valence-corrected chi connectivity index (χ1v) is 11.2. The van der Waals surface area contributed by atoms with E-state index in [1.54, 1.807) is 25.3 Å². The molecule has 0 saturated carbocycles. The van der Waals surface area contributed by atoms with Crippen LogP contribution in [0.4, 0.5) is 4.39 Å². The molecule has 0 fully saturated rings. The zero-order valence-electron chi connectivity index (χ0n) is 17.8. The minimum absolute atomic E-state index is 0.109. The van der Waals surface area contributed by atoms with Gasteiger partial charge in [-0.25, -0.2) is 4.39 Å². The Morgan fingerprint density at radius 1 is 1.16 bits per heavy atom. The maximum atomic E-state index is 13.8. The monoisotopic (exact) mass is 498 g/mol. The van der Waals surface area contributed by atoms with Gasteiger partial charge in [-0.05, 0) is 64.3 Å². The van der Waals surface area contributed by atoms with Gasteiger partial charge in [-0.2, -0.15) is 0 Å². The lowest BCUT2D eigenvalue weighted by Gasteiger charge is -2.31. The predicted octanol–water partition coefficient (Wildman–Crippen LogP) is 5.92. The van der Waals surface area contributed by atoms with Crippen LogP contribution in [0.3, 0.4) is 0 Å². The number of nitrogens with zero attached hydrogens (tertiary/aromatic N) is 1. The summed E-state index contributed by atoms with van der Waals surface area (Å²) in [7, 11) is 1.63. The lowest BCUT2D eigenvalue weighted by Crippen LogP contribution is -2.33. The summed E-state index contributed by atoms with van der Waals surface area (Å²) in [5.41, 5.74) is 3.32. The molecule has 3 aromatic carbocycles. The van der Waals surface area contributed by atoms with Crippen LogP contribution in [0.2, 0.25) is 0 Å². The van der Waals surface area contributed by atoms with Crippen LogP contribution >= 0.6 is 15.9 Å². The minimum Gasteiger partial charge on any atom is -0.504 e. The smallest absolute Gasteiger partial charge is 0.162 e. The van der Waals surface area contributed by atoms with E-state index >= 15 is 0 Å². The topological polar surface area (TPSA) is 63.1 Å². The van der Waals surface area contributed by atoms with Crippen LogP contribution in [0.5, 0.6) is 17.2 Å². The third-order valence-corrected chi connectivity index (χ3v) is 6.02. The molecular formula is C25H24BrFN2O3. The number of methoxy groups -OCH3 is 1. The average Bonchev–Trinajstić information content (AvgIpc) is 2.82. The number of benzene rings is 3. The molecule has 0 spiro atoms. The average molecular weight is 499 g/mol. The molecule has 166 valence electrons. The van der Waals surface area contributed by atoms with Crippen molar-refractivity contribution >= 4 is 21.6 Å². The summed E-state index contributed by atoms with van der Waals surface area (Å²) in [6.07, 6.45) is 0.122. The molecule has 32 heavy (non-hydrogen) atoms. The van der Waals surface area contributed by atoms with Crippen LogP contribution in [0.15, 0.2) is 70.1 Å². The van der Waals surface area contributed by atoms with Gasteiger partial charge in [0.1, 0.15) is 17.7 Å². The van der Waals surface area contributed by atoms with Crippen LogP contribution < -0.4 is 14.8 Å². The highest BCUT2D eigenvalue weighted by atomic mass is 79.9. The second-order valence-electron chi connectivity index (χ2n) is 7.43. The van der Waals surface area contributed by atoms with E-state index in [1.165, 1.54) is 6.07 Å². The normalized spacial score (nSPS) is 18.2. The highest BCUT2D eigenvalue weighted by Gasteiger charge is 2.29. The van der Waals surface area contributed by atoms with Crippen molar-refractivity contribution in [3.63, 3.8) is 0 Å². The molecule has 0 bridgehead atoms. The molecule has 1 aliphatic rings. The number of rotatable bonds is 6. The summed E-state index contributed by atoms with van der Waals surface area (Å²) in [5.74, 6) is 0.957. The summed E-state index contributed by atoms with van der Waals surface area (Å²) in [4.78, 5) is 4.93. The summed E-state index contributed by atoms with van der Waals surface area (Å²) in [5, 5.41) is 14.4.